The fourth-order valence-electron chi connectivity index (χ4n) is 2.66. The third kappa shape index (κ3) is 2.82. The third-order valence-corrected chi connectivity index (χ3v) is 5.02. The first kappa shape index (κ1) is 14.9. The van der Waals surface area contributed by atoms with Crippen LogP contribution in [0.25, 0.3) is 6.08 Å². The van der Waals surface area contributed by atoms with Gasteiger partial charge in [-0.15, -0.1) is 0 Å². The van der Waals surface area contributed by atoms with E-state index < -0.39 is 0 Å². The van der Waals surface area contributed by atoms with Crippen LogP contribution in [0, 0.1) is 12.8 Å². The zero-order chi connectivity index (χ0) is 15.3. The Hall–Kier alpha value is -1.06. The van der Waals surface area contributed by atoms with E-state index in [2.05, 4.69) is 65.0 Å². The first-order valence-corrected chi connectivity index (χ1v) is 7.93. The SMILES string of the molecule is Cc1cccc(/C=C/C2CC2)c1B1OC(C)(C)C(C)(C)O1. The van der Waals surface area contributed by atoms with Crippen LogP contribution < -0.4 is 5.46 Å². The Labute approximate surface area is 128 Å². The molecule has 1 saturated carbocycles. The molecule has 0 radical (unpaired) electrons. The van der Waals surface area contributed by atoms with E-state index in [1.165, 1.54) is 29.4 Å². The van der Waals surface area contributed by atoms with Gasteiger partial charge in [-0.3, -0.25) is 0 Å². The van der Waals surface area contributed by atoms with Crippen molar-refractivity contribution < 1.29 is 9.31 Å². The quantitative estimate of drug-likeness (QED) is 0.788. The molecule has 3 heteroatoms. The van der Waals surface area contributed by atoms with Crippen LogP contribution in [-0.4, -0.2) is 18.3 Å². The first-order chi connectivity index (χ1) is 9.80. The highest BCUT2D eigenvalue weighted by atomic mass is 16.7. The lowest BCUT2D eigenvalue weighted by molar-refractivity contribution is 0.00578. The van der Waals surface area contributed by atoms with Gasteiger partial charge in [-0.25, -0.2) is 0 Å². The van der Waals surface area contributed by atoms with Crippen LogP contribution in [0.4, 0.5) is 0 Å². The van der Waals surface area contributed by atoms with Gasteiger partial charge in [0, 0.05) is 0 Å². The molecule has 0 spiro atoms. The molecule has 1 aliphatic heterocycles. The lowest BCUT2D eigenvalue weighted by Crippen LogP contribution is -2.41. The average Bonchev–Trinajstić information content (AvgIpc) is 3.15. The van der Waals surface area contributed by atoms with Gasteiger partial charge in [0.2, 0.25) is 0 Å². The minimum absolute atomic E-state index is 0.282. The van der Waals surface area contributed by atoms with Crippen molar-refractivity contribution in [3.63, 3.8) is 0 Å². The van der Waals surface area contributed by atoms with Gasteiger partial charge in [0.15, 0.2) is 0 Å². The molecule has 0 atom stereocenters. The lowest BCUT2D eigenvalue weighted by Gasteiger charge is -2.32. The zero-order valence-electron chi connectivity index (χ0n) is 13.8. The monoisotopic (exact) mass is 284 g/mol. The van der Waals surface area contributed by atoms with Crippen LogP contribution >= 0.6 is 0 Å². The fourth-order valence-corrected chi connectivity index (χ4v) is 2.66. The van der Waals surface area contributed by atoms with Crippen molar-refractivity contribution in [2.24, 2.45) is 5.92 Å². The highest BCUT2D eigenvalue weighted by molar-refractivity contribution is 6.63. The van der Waals surface area contributed by atoms with Gasteiger partial charge < -0.3 is 9.31 Å². The summed E-state index contributed by atoms with van der Waals surface area (Å²) in [5.41, 5.74) is 3.04. The summed E-state index contributed by atoms with van der Waals surface area (Å²) in [6, 6.07) is 6.40. The van der Waals surface area contributed by atoms with Crippen molar-refractivity contribution >= 4 is 18.7 Å². The Morgan fingerprint density at radius 2 is 1.71 bits per heavy atom. The molecule has 0 amide bonds. The molecule has 2 fully saturated rings. The average molecular weight is 284 g/mol. The molecule has 1 aliphatic carbocycles. The van der Waals surface area contributed by atoms with Gasteiger partial charge in [0.05, 0.1) is 11.2 Å². The largest absolute Gasteiger partial charge is 0.495 e. The first-order valence-electron chi connectivity index (χ1n) is 7.93. The standard InChI is InChI=1S/C18H25BO2/c1-13-7-6-8-15(12-11-14-9-10-14)16(13)19-20-17(2,3)18(4,5)21-19/h6-8,11-12,14H,9-10H2,1-5H3/b12-11+. The summed E-state index contributed by atoms with van der Waals surface area (Å²) in [7, 11) is -0.282. The van der Waals surface area contributed by atoms with Crippen molar-refractivity contribution in [2.75, 3.05) is 0 Å². The molecule has 112 valence electrons. The molecular weight excluding hydrogens is 259 g/mol. The third-order valence-electron chi connectivity index (χ3n) is 5.02. The van der Waals surface area contributed by atoms with Crippen LogP contribution in [0.3, 0.4) is 0 Å². The molecule has 21 heavy (non-hydrogen) atoms. The van der Waals surface area contributed by atoms with Gasteiger partial charge in [0.1, 0.15) is 0 Å². The molecule has 2 aliphatic rings. The maximum absolute atomic E-state index is 6.24. The van der Waals surface area contributed by atoms with E-state index in [1.54, 1.807) is 0 Å². The molecule has 2 nitrogen and oxygen atoms in total. The fraction of sp³-hybridized carbons (Fsp3) is 0.556. The van der Waals surface area contributed by atoms with Crippen molar-refractivity contribution in [3.8, 4) is 0 Å². The van der Waals surface area contributed by atoms with Gasteiger partial charge in [-0.2, -0.15) is 0 Å². The molecule has 0 aromatic heterocycles. The summed E-state index contributed by atoms with van der Waals surface area (Å²) in [6.07, 6.45) is 7.22. The highest BCUT2D eigenvalue weighted by Crippen LogP contribution is 2.37. The maximum Gasteiger partial charge on any atom is 0.495 e. The van der Waals surface area contributed by atoms with Crippen molar-refractivity contribution in [2.45, 2.75) is 58.7 Å². The number of allylic oxidation sites excluding steroid dienone is 1. The van der Waals surface area contributed by atoms with Gasteiger partial charge in [-0.1, -0.05) is 35.9 Å². The normalized spacial score (nSPS) is 24.0. The maximum atomic E-state index is 6.24. The summed E-state index contributed by atoms with van der Waals surface area (Å²) in [5.74, 6) is 0.775. The molecule has 1 saturated heterocycles. The molecule has 1 heterocycles. The lowest BCUT2D eigenvalue weighted by atomic mass is 9.73. The summed E-state index contributed by atoms with van der Waals surface area (Å²) in [4.78, 5) is 0. The van der Waals surface area contributed by atoms with E-state index in [9.17, 15) is 0 Å². The zero-order valence-corrected chi connectivity index (χ0v) is 13.8. The van der Waals surface area contributed by atoms with E-state index in [1.807, 2.05) is 0 Å². The number of aryl methyl sites for hydroxylation is 1. The van der Waals surface area contributed by atoms with E-state index in [-0.39, 0.29) is 18.3 Å². The Balaban J connectivity index is 1.94. The number of hydrogen-bond acceptors (Lipinski definition) is 2. The van der Waals surface area contributed by atoms with Crippen molar-refractivity contribution in [1.29, 1.82) is 0 Å². The summed E-state index contributed by atoms with van der Waals surface area (Å²) >= 11 is 0. The second kappa shape index (κ2) is 5.00. The van der Waals surface area contributed by atoms with E-state index in [4.69, 9.17) is 9.31 Å². The number of hydrogen-bond donors (Lipinski definition) is 0. The minimum atomic E-state index is -0.294. The summed E-state index contributed by atoms with van der Waals surface area (Å²) in [6.45, 7) is 10.5. The van der Waals surface area contributed by atoms with Crippen LogP contribution in [0.5, 0.6) is 0 Å². The van der Waals surface area contributed by atoms with Gasteiger partial charge >= 0.3 is 7.12 Å². The van der Waals surface area contributed by atoms with E-state index in [0.717, 1.165) is 5.92 Å². The van der Waals surface area contributed by atoms with Crippen molar-refractivity contribution in [3.05, 3.63) is 35.4 Å². The molecular formula is C18H25BO2. The Morgan fingerprint density at radius 3 is 2.29 bits per heavy atom. The van der Waals surface area contributed by atoms with E-state index in [0.29, 0.717) is 0 Å². The Morgan fingerprint density at radius 1 is 1.10 bits per heavy atom. The minimum Gasteiger partial charge on any atom is -0.399 e. The van der Waals surface area contributed by atoms with Crippen LogP contribution in [0.1, 0.15) is 51.7 Å². The topological polar surface area (TPSA) is 18.5 Å². The molecule has 0 unspecified atom stereocenters. The molecule has 0 N–H and O–H groups in total. The molecule has 3 rings (SSSR count). The highest BCUT2D eigenvalue weighted by Gasteiger charge is 2.52. The molecule has 1 aromatic rings. The summed E-state index contributed by atoms with van der Waals surface area (Å²) < 4.78 is 12.5. The van der Waals surface area contributed by atoms with Crippen LogP contribution in [-0.2, 0) is 9.31 Å². The number of benzene rings is 1. The summed E-state index contributed by atoms with van der Waals surface area (Å²) in [5, 5.41) is 0. The van der Waals surface area contributed by atoms with E-state index >= 15 is 0 Å². The predicted octanol–water partition coefficient (Wildman–Crippen LogP) is 3.72. The Bertz CT molecular complexity index is 555. The molecule has 0 bridgehead atoms. The Kier molecular flexibility index (Phi) is 3.54. The number of rotatable bonds is 3. The molecule has 1 aromatic carbocycles. The second-order valence-electron chi connectivity index (χ2n) is 7.36. The van der Waals surface area contributed by atoms with Gasteiger partial charge in [0.25, 0.3) is 0 Å². The van der Waals surface area contributed by atoms with Gasteiger partial charge in [-0.05, 0) is 64.4 Å². The second-order valence-corrected chi connectivity index (χ2v) is 7.36. The van der Waals surface area contributed by atoms with Crippen molar-refractivity contribution in [1.82, 2.24) is 0 Å². The smallest absolute Gasteiger partial charge is 0.399 e. The van der Waals surface area contributed by atoms with Crippen LogP contribution in [0.15, 0.2) is 24.3 Å². The predicted molar refractivity (Wildman–Crippen MR) is 88.7 cm³/mol. The van der Waals surface area contributed by atoms with Crippen LogP contribution in [0.2, 0.25) is 0 Å².